The van der Waals surface area contributed by atoms with Crippen LogP contribution in [0.5, 0.6) is 0 Å². The van der Waals surface area contributed by atoms with E-state index in [1.54, 1.807) is 6.20 Å². The molecule has 5 heteroatoms. The second-order valence-corrected chi connectivity index (χ2v) is 3.24. The van der Waals surface area contributed by atoms with Crippen molar-refractivity contribution in [2.45, 2.75) is 18.8 Å². The first-order valence-corrected chi connectivity index (χ1v) is 4.16. The largest absolute Gasteiger partial charge is 0.368 e. The molecule has 3 rings (SSSR count). The molecule has 2 aliphatic heterocycles. The van der Waals surface area contributed by atoms with Gasteiger partial charge in [0.15, 0.2) is 0 Å². The fraction of sp³-hybridized carbons (Fsp3) is 0.714. The van der Waals surface area contributed by atoms with Gasteiger partial charge in [0.1, 0.15) is 0 Å². The molecule has 0 radical (unpaired) electrons. The Balaban J connectivity index is 2.04. The molecule has 3 heterocycles. The number of aromatic nitrogens is 3. The summed E-state index contributed by atoms with van der Waals surface area (Å²) in [5.41, 5.74) is 1.08. The Bertz CT molecular complexity index is 297. The Labute approximate surface area is 69.7 Å². The predicted octanol–water partition coefficient (Wildman–Crippen LogP) is -0.679. The van der Waals surface area contributed by atoms with Crippen molar-refractivity contribution in [3.8, 4) is 0 Å². The molecule has 2 atom stereocenters. The van der Waals surface area contributed by atoms with Crippen molar-refractivity contribution in [2.75, 3.05) is 13.1 Å². The third-order valence-corrected chi connectivity index (χ3v) is 2.54. The van der Waals surface area contributed by atoms with E-state index in [1.807, 2.05) is 4.68 Å². The predicted molar refractivity (Wildman–Crippen MR) is 40.5 cm³/mol. The molecule has 0 saturated carbocycles. The zero-order valence-corrected chi connectivity index (χ0v) is 6.60. The normalized spacial score (nSPS) is 33.0. The monoisotopic (exact) mass is 166 g/mol. The van der Waals surface area contributed by atoms with Crippen LogP contribution in [0.2, 0.25) is 0 Å². The molecule has 1 aromatic rings. The fourth-order valence-electron chi connectivity index (χ4n) is 1.89. The summed E-state index contributed by atoms with van der Waals surface area (Å²) >= 11 is 0. The Morgan fingerprint density at radius 3 is 3.58 bits per heavy atom. The molecule has 0 amide bonds. The van der Waals surface area contributed by atoms with Gasteiger partial charge in [-0.2, -0.15) is 0 Å². The van der Waals surface area contributed by atoms with Crippen molar-refractivity contribution in [1.82, 2.24) is 20.3 Å². The highest BCUT2D eigenvalue weighted by Crippen LogP contribution is 2.25. The summed E-state index contributed by atoms with van der Waals surface area (Å²) in [7, 11) is 0. The van der Waals surface area contributed by atoms with Crippen molar-refractivity contribution in [1.29, 1.82) is 0 Å². The van der Waals surface area contributed by atoms with E-state index in [2.05, 4.69) is 15.6 Å². The molecule has 1 aromatic heterocycles. The molecule has 0 aromatic carbocycles. The standard InChI is InChI=1S/C7H10N4O/c1-5-4-12-7-3-8-2-6(7)11(5)10-9-1/h1,6-8H,2-4H2/t6-,7-/m1/s1. The first-order valence-electron chi connectivity index (χ1n) is 4.16. The van der Waals surface area contributed by atoms with E-state index in [9.17, 15) is 0 Å². The highest BCUT2D eigenvalue weighted by Gasteiger charge is 2.34. The molecule has 0 aliphatic carbocycles. The van der Waals surface area contributed by atoms with Gasteiger partial charge in [0.25, 0.3) is 0 Å². The van der Waals surface area contributed by atoms with Crippen LogP contribution in [-0.2, 0) is 11.3 Å². The van der Waals surface area contributed by atoms with Crippen LogP contribution in [0.15, 0.2) is 6.20 Å². The van der Waals surface area contributed by atoms with Crippen LogP contribution in [0, 0.1) is 0 Å². The molecule has 1 N–H and O–H groups in total. The minimum Gasteiger partial charge on any atom is -0.368 e. The van der Waals surface area contributed by atoms with E-state index in [-0.39, 0.29) is 0 Å². The van der Waals surface area contributed by atoms with E-state index in [1.165, 1.54) is 0 Å². The molecule has 2 aliphatic rings. The van der Waals surface area contributed by atoms with Gasteiger partial charge in [0, 0.05) is 13.1 Å². The second kappa shape index (κ2) is 2.27. The summed E-state index contributed by atoms with van der Waals surface area (Å²) in [6.07, 6.45) is 2.06. The molecule has 0 bridgehead atoms. The third-order valence-electron chi connectivity index (χ3n) is 2.54. The zero-order valence-electron chi connectivity index (χ0n) is 6.60. The fourth-order valence-corrected chi connectivity index (χ4v) is 1.89. The smallest absolute Gasteiger partial charge is 0.0941 e. The van der Waals surface area contributed by atoms with E-state index < -0.39 is 0 Å². The van der Waals surface area contributed by atoms with Crippen LogP contribution in [0.25, 0.3) is 0 Å². The summed E-state index contributed by atoms with van der Waals surface area (Å²) in [6.45, 7) is 2.53. The quantitative estimate of drug-likeness (QED) is 0.555. The first kappa shape index (κ1) is 6.56. The number of ether oxygens (including phenoxy) is 1. The lowest BCUT2D eigenvalue weighted by Gasteiger charge is -2.25. The van der Waals surface area contributed by atoms with Gasteiger partial charge in [0.05, 0.1) is 30.6 Å². The number of nitrogens with one attached hydrogen (secondary N) is 1. The number of nitrogens with zero attached hydrogens (tertiary/aromatic N) is 3. The molecule has 0 spiro atoms. The van der Waals surface area contributed by atoms with Gasteiger partial charge in [0.2, 0.25) is 0 Å². The average molecular weight is 166 g/mol. The number of hydrogen-bond acceptors (Lipinski definition) is 4. The molecule has 5 nitrogen and oxygen atoms in total. The maximum Gasteiger partial charge on any atom is 0.0941 e. The van der Waals surface area contributed by atoms with E-state index in [0.717, 1.165) is 18.8 Å². The van der Waals surface area contributed by atoms with Gasteiger partial charge in [-0.25, -0.2) is 4.68 Å². The maximum atomic E-state index is 5.62. The summed E-state index contributed by atoms with van der Waals surface area (Å²) in [5, 5.41) is 11.2. The van der Waals surface area contributed by atoms with Crippen LogP contribution in [0.1, 0.15) is 11.7 Å². The van der Waals surface area contributed by atoms with E-state index in [4.69, 9.17) is 4.74 Å². The maximum absolute atomic E-state index is 5.62. The summed E-state index contributed by atoms with van der Waals surface area (Å²) in [4.78, 5) is 0. The molecular weight excluding hydrogens is 156 g/mol. The number of fused-ring (bicyclic) bond motifs is 3. The van der Waals surface area contributed by atoms with Gasteiger partial charge < -0.3 is 10.1 Å². The average Bonchev–Trinajstić information content (AvgIpc) is 2.71. The molecular formula is C7H10N4O. The first-order chi connectivity index (χ1) is 5.95. The van der Waals surface area contributed by atoms with Gasteiger partial charge in [-0.3, -0.25) is 0 Å². The number of hydrogen-bond donors (Lipinski definition) is 1. The third kappa shape index (κ3) is 0.748. The molecule has 1 fully saturated rings. The van der Waals surface area contributed by atoms with Crippen LogP contribution in [-0.4, -0.2) is 34.2 Å². The Morgan fingerprint density at radius 1 is 1.58 bits per heavy atom. The minimum atomic E-state index is 0.291. The van der Waals surface area contributed by atoms with E-state index >= 15 is 0 Å². The Hall–Kier alpha value is -0.940. The molecule has 1 saturated heterocycles. The summed E-state index contributed by atoms with van der Waals surface area (Å²) in [6, 6.07) is 0.358. The SMILES string of the molecule is c1nnn2c1CO[C@@H]1CNC[C@H]12. The van der Waals surface area contributed by atoms with Gasteiger partial charge in [-0.05, 0) is 0 Å². The zero-order chi connectivity index (χ0) is 7.97. The lowest BCUT2D eigenvalue weighted by atomic mass is 10.2. The van der Waals surface area contributed by atoms with Crippen LogP contribution in [0.3, 0.4) is 0 Å². The highest BCUT2D eigenvalue weighted by molar-refractivity contribution is 5.01. The molecule has 12 heavy (non-hydrogen) atoms. The minimum absolute atomic E-state index is 0.291. The van der Waals surface area contributed by atoms with E-state index in [0.29, 0.717) is 18.8 Å². The van der Waals surface area contributed by atoms with Crippen LogP contribution < -0.4 is 5.32 Å². The second-order valence-electron chi connectivity index (χ2n) is 3.24. The van der Waals surface area contributed by atoms with Gasteiger partial charge >= 0.3 is 0 Å². The highest BCUT2D eigenvalue weighted by atomic mass is 16.5. The van der Waals surface area contributed by atoms with Crippen LogP contribution >= 0.6 is 0 Å². The summed E-state index contributed by atoms with van der Waals surface area (Å²) in [5.74, 6) is 0. The van der Waals surface area contributed by atoms with Crippen molar-refractivity contribution < 1.29 is 4.74 Å². The Kier molecular flexibility index (Phi) is 1.24. The summed E-state index contributed by atoms with van der Waals surface area (Å²) < 4.78 is 7.60. The lowest BCUT2D eigenvalue weighted by Crippen LogP contribution is -2.32. The van der Waals surface area contributed by atoms with Crippen molar-refractivity contribution in [3.63, 3.8) is 0 Å². The van der Waals surface area contributed by atoms with Gasteiger partial charge in [-0.15, -0.1) is 5.10 Å². The van der Waals surface area contributed by atoms with Crippen LogP contribution in [0.4, 0.5) is 0 Å². The van der Waals surface area contributed by atoms with Gasteiger partial charge in [-0.1, -0.05) is 5.21 Å². The van der Waals surface area contributed by atoms with Crippen molar-refractivity contribution in [3.05, 3.63) is 11.9 Å². The molecule has 64 valence electrons. The molecule has 0 unspecified atom stereocenters. The lowest BCUT2D eigenvalue weighted by molar-refractivity contribution is -0.00289. The number of rotatable bonds is 0. The topological polar surface area (TPSA) is 52.0 Å². The van der Waals surface area contributed by atoms with Crippen molar-refractivity contribution >= 4 is 0 Å². The van der Waals surface area contributed by atoms with Crippen molar-refractivity contribution in [2.24, 2.45) is 0 Å². The Morgan fingerprint density at radius 2 is 2.58 bits per heavy atom.